The van der Waals surface area contributed by atoms with Gasteiger partial charge in [0.2, 0.25) is 11.8 Å². The number of rotatable bonds is 5. The Bertz CT molecular complexity index is 424. The van der Waals surface area contributed by atoms with Crippen molar-refractivity contribution >= 4 is 17.5 Å². The minimum absolute atomic E-state index is 0.0351. The van der Waals surface area contributed by atoms with Crippen molar-refractivity contribution in [3.8, 4) is 0 Å². The summed E-state index contributed by atoms with van der Waals surface area (Å²) in [7, 11) is 0. The Kier molecular flexibility index (Phi) is 5.32. The molecule has 0 radical (unpaired) electrons. The van der Waals surface area contributed by atoms with Crippen LogP contribution in [0.5, 0.6) is 0 Å². The van der Waals surface area contributed by atoms with Gasteiger partial charge in [-0.1, -0.05) is 18.2 Å². The first-order valence-electron chi connectivity index (χ1n) is 5.87. The first-order valence-corrected chi connectivity index (χ1v) is 5.87. The van der Waals surface area contributed by atoms with E-state index in [0.717, 1.165) is 16.8 Å². The zero-order valence-electron chi connectivity index (χ0n) is 10.7. The summed E-state index contributed by atoms with van der Waals surface area (Å²) in [4.78, 5) is 22.8. The van der Waals surface area contributed by atoms with Crippen molar-refractivity contribution in [2.45, 2.75) is 20.3 Å². The Morgan fingerprint density at radius 2 is 1.78 bits per heavy atom. The first kappa shape index (κ1) is 14.2. The molecule has 0 fully saturated rings. The van der Waals surface area contributed by atoms with Gasteiger partial charge in [0.15, 0.2) is 0 Å². The highest BCUT2D eigenvalue weighted by Crippen LogP contribution is 2.18. The molecule has 5 nitrogen and oxygen atoms in total. The molecule has 0 saturated carbocycles. The first-order chi connectivity index (χ1) is 8.54. The molecule has 4 N–H and O–H groups in total. The number of para-hydroxylation sites is 1. The second-order valence-electron chi connectivity index (χ2n) is 4.13. The second-order valence-corrected chi connectivity index (χ2v) is 4.13. The summed E-state index contributed by atoms with van der Waals surface area (Å²) in [6.45, 7) is 4.10. The Hall–Kier alpha value is -1.88. The van der Waals surface area contributed by atoms with Crippen LogP contribution >= 0.6 is 0 Å². The molecule has 0 saturated heterocycles. The number of benzene rings is 1. The van der Waals surface area contributed by atoms with Crippen LogP contribution in [-0.2, 0) is 9.59 Å². The number of carbonyl (C=O) groups excluding carboxylic acids is 2. The highest BCUT2D eigenvalue weighted by molar-refractivity contribution is 5.95. The van der Waals surface area contributed by atoms with Crippen LogP contribution in [0.1, 0.15) is 17.5 Å². The van der Waals surface area contributed by atoms with Crippen LogP contribution in [0.25, 0.3) is 0 Å². The van der Waals surface area contributed by atoms with Crippen molar-refractivity contribution in [2.75, 3.05) is 18.4 Å². The van der Waals surface area contributed by atoms with E-state index in [-0.39, 0.29) is 31.3 Å². The maximum absolute atomic E-state index is 11.7. The molecular formula is C13H19N3O2. The molecule has 0 spiro atoms. The van der Waals surface area contributed by atoms with Crippen LogP contribution in [-0.4, -0.2) is 24.9 Å². The van der Waals surface area contributed by atoms with Crippen LogP contribution in [0, 0.1) is 13.8 Å². The van der Waals surface area contributed by atoms with Crippen molar-refractivity contribution in [1.82, 2.24) is 5.32 Å². The molecule has 1 aromatic rings. The van der Waals surface area contributed by atoms with Gasteiger partial charge in [-0.25, -0.2) is 0 Å². The van der Waals surface area contributed by atoms with E-state index in [2.05, 4.69) is 10.6 Å². The van der Waals surface area contributed by atoms with Crippen molar-refractivity contribution in [3.05, 3.63) is 29.3 Å². The number of hydrogen-bond acceptors (Lipinski definition) is 3. The van der Waals surface area contributed by atoms with Crippen molar-refractivity contribution in [3.63, 3.8) is 0 Å². The number of anilines is 1. The van der Waals surface area contributed by atoms with Crippen LogP contribution < -0.4 is 16.4 Å². The molecule has 0 aliphatic rings. The summed E-state index contributed by atoms with van der Waals surface area (Å²) in [6.07, 6.45) is 0.233. The van der Waals surface area contributed by atoms with Gasteiger partial charge in [-0.3, -0.25) is 9.59 Å². The molecule has 0 unspecified atom stereocenters. The van der Waals surface area contributed by atoms with Gasteiger partial charge in [-0.15, -0.1) is 0 Å². The molecule has 0 aliphatic carbocycles. The number of nitrogens with one attached hydrogen (secondary N) is 2. The Morgan fingerprint density at radius 1 is 1.17 bits per heavy atom. The predicted molar refractivity (Wildman–Crippen MR) is 71.2 cm³/mol. The van der Waals surface area contributed by atoms with Gasteiger partial charge in [0.05, 0.1) is 6.54 Å². The number of amides is 2. The number of nitrogens with two attached hydrogens (primary N) is 1. The lowest BCUT2D eigenvalue weighted by Crippen LogP contribution is -2.34. The third kappa shape index (κ3) is 4.18. The summed E-state index contributed by atoms with van der Waals surface area (Å²) < 4.78 is 0. The molecule has 5 heteroatoms. The van der Waals surface area contributed by atoms with E-state index in [1.54, 1.807) is 0 Å². The molecule has 0 bridgehead atoms. The fourth-order valence-corrected chi connectivity index (χ4v) is 1.59. The lowest BCUT2D eigenvalue weighted by Gasteiger charge is -2.11. The quantitative estimate of drug-likeness (QED) is 0.718. The highest BCUT2D eigenvalue weighted by atomic mass is 16.2. The average Bonchev–Trinajstić information content (AvgIpc) is 2.32. The molecule has 0 aliphatic heterocycles. The van der Waals surface area contributed by atoms with E-state index < -0.39 is 0 Å². The normalized spacial score (nSPS) is 9.94. The fourth-order valence-electron chi connectivity index (χ4n) is 1.59. The van der Waals surface area contributed by atoms with Crippen LogP contribution in [0.2, 0.25) is 0 Å². The summed E-state index contributed by atoms with van der Waals surface area (Å²) in [5.41, 5.74) is 8.03. The Balaban J connectivity index is 2.52. The summed E-state index contributed by atoms with van der Waals surface area (Å²) in [6, 6.07) is 5.79. The third-order valence-corrected chi connectivity index (χ3v) is 2.56. The summed E-state index contributed by atoms with van der Waals surface area (Å²) >= 11 is 0. The van der Waals surface area contributed by atoms with Crippen LogP contribution in [0.3, 0.4) is 0 Å². The SMILES string of the molecule is Cc1cccc(C)c1NC(=O)CNC(=O)CCN. The van der Waals surface area contributed by atoms with Gasteiger partial charge < -0.3 is 16.4 Å². The molecule has 1 aromatic carbocycles. The van der Waals surface area contributed by atoms with E-state index in [9.17, 15) is 9.59 Å². The van der Waals surface area contributed by atoms with E-state index in [4.69, 9.17) is 5.73 Å². The molecule has 0 aromatic heterocycles. The molecule has 1 rings (SSSR count). The fraction of sp³-hybridized carbons (Fsp3) is 0.385. The van der Waals surface area contributed by atoms with Crippen molar-refractivity contribution < 1.29 is 9.59 Å². The minimum atomic E-state index is -0.238. The van der Waals surface area contributed by atoms with Gasteiger partial charge in [-0.05, 0) is 25.0 Å². The second kappa shape index (κ2) is 6.76. The largest absolute Gasteiger partial charge is 0.347 e. The topological polar surface area (TPSA) is 84.2 Å². The number of aryl methyl sites for hydroxylation is 2. The average molecular weight is 249 g/mol. The van der Waals surface area contributed by atoms with Crippen molar-refractivity contribution in [1.29, 1.82) is 0 Å². The third-order valence-electron chi connectivity index (χ3n) is 2.56. The minimum Gasteiger partial charge on any atom is -0.347 e. The van der Waals surface area contributed by atoms with E-state index in [1.165, 1.54) is 0 Å². The molecule has 2 amide bonds. The van der Waals surface area contributed by atoms with Gasteiger partial charge in [0.25, 0.3) is 0 Å². The maximum atomic E-state index is 11.7. The Labute approximate surface area is 107 Å². The smallest absolute Gasteiger partial charge is 0.243 e. The molecule has 0 atom stereocenters. The summed E-state index contributed by atoms with van der Waals surface area (Å²) in [5, 5.41) is 5.30. The molecule has 0 heterocycles. The predicted octanol–water partition coefficient (Wildman–Crippen LogP) is 0.707. The van der Waals surface area contributed by atoms with Crippen molar-refractivity contribution in [2.24, 2.45) is 5.73 Å². The number of hydrogen-bond donors (Lipinski definition) is 3. The van der Waals surface area contributed by atoms with E-state index in [0.29, 0.717) is 0 Å². The summed E-state index contributed by atoms with van der Waals surface area (Å²) in [5.74, 6) is -0.452. The van der Waals surface area contributed by atoms with Gasteiger partial charge in [0.1, 0.15) is 0 Å². The standard InChI is InChI=1S/C13H19N3O2/c1-9-4-3-5-10(2)13(9)16-12(18)8-15-11(17)6-7-14/h3-5H,6-8,14H2,1-2H3,(H,15,17)(H,16,18). The lowest BCUT2D eigenvalue weighted by molar-refractivity contribution is -0.124. The van der Waals surface area contributed by atoms with Crippen LogP contribution in [0.4, 0.5) is 5.69 Å². The van der Waals surface area contributed by atoms with Gasteiger partial charge in [0, 0.05) is 18.7 Å². The van der Waals surface area contributed by atoms with Crippen LogP contribution in [0.15, 0.2) is 18.2 Å². The maximum Gasteiger partial charge on any atom is 0.243 e. The van der Waals surface area contributed by atoms with Gasteiger partial charge in [-0.2, -0.15) is 0 Å². The highest BCUT2D eigenvalue weighted by Gasteiger charge is 2.08. The van der Waals surface area contributed by atoms with E-state index >= 15 is 0 Å². The lowest BCUT2D eigenvalue weighted by atomic mass is 10.1. The monoisotopic (exact) mass is 249 g/mol. The van der Waals surface area contributed by atoms with Gasteiger partial charge >= 0.3 is 0 Å². The van der Waals surface area contributed by atoms with E-state index in [1.807, 2.05) is 32.0 Å². The number of carbonyl (C=O) groups is 2. The zero-order chi connectivity index (χ0) is 13.5. The zero-order valence-corrected chi connectivity index (χ0v) is 10.7. The molecule has 98 valence electrons. The Morgan fingerprint density at radius 3 is 2.33 bits per heavy atom. The molecule has 18 heavy (non-hydrogen) atoms. The molecular weight excluding hydrogens is 230 g/mol.